The minimum absolute atomic E-state index is 0.127. The second-order valence-corrected chi connectivity index (χ2v) is 5.79. The number of amides is 1. The van der Waals surface area contributed by atoms with Crippen LogP contribution in [0.15, 0.2) is 36.4 Å². The molecule has 1 amide bonds. The number of rotatable bonds is 3. The molecule has 1 heterocycles. The molecule has 0 spiro atoms. The Hall–Kier alpha value is -2.94. The first-order chi connectivity index (χ1) is 10.4. The van der Waals surface area contributed by atoms with E-state index in [1.54, 1.807) is 30.3 Å². The Labute approximate surface area is 129 Å². The molecule has 0 radical (unpaired) electrons. The van der Waals surface area contributed by atoms with Crippen molar-refractivity contribution in [3.05, 3.63) is 42.0 Å². The summed E-state index contributed by atoms with van der Waals surface area (Å²) in [4.78, 5) is 11.9. The number of nitrogens with one attached hydrogen (secondary N) is 2. The maximum atomic E-state index is 11.9. The average molecular weight is 295 g/mol. The normalized spacial score (nSPS) is 10.6. The number of para-hydroxylation sites is 1. The molecule has 0 bridgehead atoms. The fourth-order valence-electron chi connectivity index (χ4n) is 1.60. The van der Waals surface area contributed by atoms with Crippen LogP contribution in [0.4, 0.5) is 17.3 Å². The van der Waals surface area contributed by atoms with Gasteiger partial charge in [-0.25, -0.2) is 0 Å². The quantitative estimate of drug-likeness (QED) is 0.908. The molecule has 0 atom stereocenters. The van der Waals surface area contributed by atoms with Gasteiger partial charge in [0.15, 0.2) is 11.6 Å². The van der Waals surface area contributed by atoms with Crippen LogP contribution in [-0.2, 0) is 4.79 Å². The molecule has 0 aliphatic rings. The van der Waals surface area contributed by atoms with Gasteiger partial charge in [-0.05, 0) is 24.3 Å². The maximum Gasteiger partial charge on any atom is 0.230 e. The van der Waals surface area contributed by atoms with Gasteiger partial charge in [-0.1, -0.05) is 32.9 Å². The van der Waals surface area contributed by atoms with E-state index >= 15 is 0 Å². The van der Waals surface area contributed by atoms with Crippen LogP contribution in [-0.4, -0.2) is 16.1 Å². The Morgan fingerprint density at radius 3 is 2.32 bits per heavy atom. The standard InChI is InChI=1S/C16H17N5O/c1-16(2,3)15(22)19-14-9-8-13(20-21-14)18-12-7-5-4-6-11(12)10-17/h4-9H,1-3H3,(H,18,20)(H,19,21,22). The average Bonchev–Trinajstić information content (AvgIpc) is 2.49. The van der Waals surface area contributed by atoms with Crippen molar-refractivity contribution in [3.8, 4) is 6.07 Å². The van der Waals surface area contributed by atoms with Crippen LogP contribution in [0.2, 0.25) is 0 Å². The lowest BCUT2D eigenvalue weighted by atomic mass is 9.96. The predicted molar refractivity (Wildman–Crippen MR) is 84.6 cm³/mol. The number of nitriles is 1. The summed E-state index contributed by atoms with van der Waals surface area (Å²) < 4.78 is 0. The molecule has 6 heteroatoms. The SMILES string of the molecule is CC(C)(C)C(=O)Nc1ccc(Nc2ccccc2C#N)nn1. The fraction of sp³-hybridized carbons (Fsp3) is 0.250. The number of nitrogens with zero attached hydrogens (tertiary/aromatic N) is 3. The zero-order chi connectivity index (χ0) is 16.2. The molecule has 2 N–H and O–H groups in total. The zero-order valence-corrected chi connectivity index (χ0v) is 12.7. The summed E-state index contributed by atoms with van der Waals surface area (Å²) in [6.45, 7) is 5.47. The molecule has 0 unspecified atom stereocenters. The van der Waals surface area contributed by atoms with Crippen molar-refractivity contribution in [1.29, 1.82) is 5.26 Å². The van der Waals surface area contributed by atoms with E-state index in [1.165, 1.54) is 0 Å². The monoisotopic (exact) mass is 295 g/mol. The molecule has 1 aromatic heterocycles. The molecule has 22 heavy (non-hydrogen) atoms. The highest BCUT2D eigenvalue weighted by Crippen LogP contribution is 2.20. The van der Waals surface area contributed by atoms with Gasteiger partial charge in [-0.2, -0.15) is 5.26 Å². The molecule has 2 rings (SSSR count). The summed E-state index contributed by atoms with van der Waals surface area (Å²) in [5.41, 5.74) is 0.685. The van der Waals surface area contributed by atoms with E-state index in [0.29, 0.717) is 22.9 Å². The van der Waals surface area contributed by atoms with Gasteiger partial charge in [0.25, 0.3) is 0 Å². The molecule has 6 nitrogen and oxygen atoms in total. The molecule has 0 aliphatic carbocycles. The Morgan fingerprint density at radius 2 is 1.73 bits per heavy atom. The van der Waals surface area contributed by atoms with Gasteiger partial charge in [0.2, 0.25) is 5.91 Å². The molecule has 0 saturated heterocycles. The zero-order valence-electron chi connectivity index (χ0n) is 12.7. The highest BCUT2D eigenvalue weighted by atomic mass is 16.2. The van der Waals surface area contributed by atoms with Crippen molar-refractivity contribution in [2.45, 2.75) is 20.8 Å². The van der Waals surface area contributed by atoms with Crippen LogP contribution in [0.1, 0.15) is 26.3 Å². The lowest BCUT2D eigenvalue weighted by Crippen LogP contribution is -2.28. The topological polar surface area (TPSA) is 90.7 Å². The first-order valence-corrected chi connectivity index (χ1v) is 6.81. The first-order valence-electron chi connectivity index (χ1n) is 6.81. The summed E-state index contributed by atoms with van der Waals surface area (Å²) in [5.74, 6) is 0.757. The summed E-state index contributed by atoms with van der Waals surface area (Å²) in [6.07, 6.45) is 0. The van der Waals surface area contributed by atoms with Crippen LogP contribution >= 0.6 is 0 Å². The fourth-order valence-corrected chi connectivity index (χ4v) is 1.60. The molecule has 1 aromatic carbocycles. The number of carbonyl (C=O) groups excluding carboxylic acids is 1. The molecule has 0 fully saturated rings. The van der Waals surface area contributed by atoms with Crippen molar-refractivity contribution < 1.29 is 4.79 Å². The number of aromatic nitrogens is 2. The third kappa shape index (κ3) is 3.79. The van der Waals surface area contributed by atoms with Crippen molar-refractivity contribution in [2.75, 3.05) is 10.6 Å². The van der Waals surface area contributed by atoms with Crippen LogP contribution in [0.25, 0.3) is 0 Å². The highest BCUT2D eigenvalue weighted by molar-refractivity contribution is 5.93. The predicted octanol–water partition coefficient (Wildman–Crippen LogP) is 3.08. The van der Waals surface area contributed by atoms with Crippen LogP contribution in [0.3, 0.4) is 0 Å². The van der Waals surface area contributed by atoms with Gasteiger partial charge in [-0.15, -0.1) is 10.2 Å². The van der Waals surface area contributed by atoms with Gasteiger partial charge in [0.05, 0.1) is 11.3 Å². The van der Waals surface area contributed by atoms with E-state index in [0.717, 1.165) is 0 Å². The Balaban J connectivity index is 2.10. The second kappa shape index (κ2) is 6.22. The van der Waals surface area contributed by atoms with Crippen LogP contribution in [0.5, 0.6) is 0 Å². The van der Waals surface area contributed by atoms with E-state index < -0.39 is 5.41 Å². The largest absolute Gasteiger partial charge is 0.338 e. The lowest BCUT2D eigenvalue weighted by molar-refractivity contribution is -0.123. The summed E-state index contributed by atoms with van der Waals surface area (Å²) >= 11 is 0. The van der Waals surface area contributed by atoms with E-state index in [4.69, 9.17) is 5.26 Å². The second-order valence-electron chi connectivity index (χ2n) is 5.79. The molecule has 2 aromatic rings. The minimum Gasteiger partial charge on any atom is -0.338 e. The van der Waals surface area contributed by atoms with E-state index in [2.05, 4.69) is 26.9 Å². The molecular formula is C16H17N5O. The lowest BCUT2D eigenvalue weighted by Gasteiger charge is -2.16. The van der Waals surface area contributed by atoms with Crippen LogP contribution in [0, 0.1) is 16.7 Å². The molecular weight excluding hydrogens is 278 g/mol. The summed E-state index contributed by atoms with van der Waals surface area (Å²) in [6, 6.07) is 12.6. The number of benzene rings is 1. The molecule has 112 valence electrons. The van der Waals surface area contributed by atoms with Gasteiger partial charge in [0.1, 0.15) is 6.07 Å². The number of hydrogen-bond donors (Lipinski definition) is 2. The first kappa shape index (κ1) is 15.4. The third-order valence-electron chi connectivity index (χ3n) is 2.90. The van der Waals surface area contributed by atoms with Gasteiger partial charge in [0, 0.05) is 5.41 Å². The number of carbonyl (C=O) groups is 1. The number of anilines is 3. The smallest absolute Gasteiger partial charge is 0.230 e. The van der Waals surface area contributed by atoms with Crippen molar-refractivity contribution in [2.24, 2.45) is 5.41 Å². The van der Waals surface area contributed by atoms with E-state index in [9.17, 15) is 4.79 Å². The molecule has 0 aliphatic heterocycles. The van der Waals surface area contributed by atoms with Crippen LogP contribution < -0.4 is 10.6 Å². The maximum absolute atomic E-state index is 11.9. The van der Waals surface area contributed by atoms with Crippen molar-refractivity contribution in [1.82, 2.24) is 10.2 Å². The van der Waals surface area contributed by atoms with Crippen molar-refractivity contribution in [3.63, 3.8) is 0 Å². The van der Waals surface area contributed by atoms with E-state index in [-0.39, 0.29) is 5.91 Å². The molecule has 0 saturated carbocycles. The Morgan fingerprint density at radius 1 is 1.09 bits per heavy atom. The summed E-state index contributed by atoms with van der Waals surface area (Å²) in [7, 11) is 0. The summed E-state index contributed by atoms with van der Waals surface area (Å²) in [5, 5.41) is 22.7. The Kier molecular flexibility index (Phi) is 4.37. The Bertz CT molecular complexity index is 711. The van der Waals surface area contributed by atoms with Gasteiger partial charge < -0.3 is 10.6 Å². The minimum atomic E-state index is -0.496. The highest BCUT2D eigenvalue weighted by Gasteiger charge is 2.21. The van der Waals surface area contributed by atoms with Crippen molar-refractivity contribution >= 4 is 23.2 Å². The van der Waals surface area contributed by atoms with E-state index in [1.807, 2.05) is 26.8 Å². The van der Waals surface area contributed by atoms with Gasteiger partial charge >= 0.3 is 0 Å². The third-order valence-corrected chi connectivity index (χ3v) is 2.90. The number of hydrogen-bond acceptors (Lipinski definition) is 5. The van der Waals surface area contributed by atoms with Gasteiger partial charge in [-0.3, -0.25) is 4.79 Å².